The Morgan fingerprint density at radius 1 is 1.41 bits per heavy atom. The fourth-order valence-electron chi connectivity index (χ4n) is 2.68. The summed E-state index contributed by atoms with van der Waals surface area (Å²) < 4.78 is 24.5. The SMILES string of the molecule is CC(C)CS(=O)(=O)C1CCN(C(=O)/C=C/c2cccs2)CC1. The van der Waals surface area contributed by atoms with Crippen LogP contribution in [-0.2, 0) is 14.6 Å². The highest BCUT2D eigenvalue weighted by atomic mass is 32.2. The fourth-order valence-corrected chi connectivity index (χ4v) is 5.43. The van der Waals surface area contributed by atoms with Crippen molar-refractivity contribution < 1.29 is 13.2 Å². The van der Waals surface area contributed by atoms with Crippen LogP contribution >= 0.6 is 11.3 Å². The predicted molar refractivity (Wildman–Crippen MR) is 91.6 cm³/mol. The minimum atomic E-state index is -3.03. The summed E-state index contributed by atoms with van der Waals surface area (Å²) in [4.78, 5) is 14.9. The normalized spacial score (nSPS) is 17.5. The van der Waals surface area contributed by atoms with Crippen LogP contribution in [-0.4, -0.2) is 43.3 Å². The topological polar surface area (TPSA) is 54.5 Å². The van der Waals surface area contributed by atoms with Crippen LogP contribution in [0.15, 0.2) is 23.6 Å². The van der Waals surface area contributed by atoms with Crippen molar-refractivity contribution in [2.45, 2.75) is 31.9 Å². The fraction of sp³-hybridized carbons (Fsp3) is 0.562. The molecule has 2 heterocycles. The van der Waals surface area contributed by atoms with Crippen LogP contribution in [0.2, 0.25) is 0 Å². The van der Waals surface area contributed by atoms with E-state index in [1.54, 1.807) is 22.3 Å². The molecule has 0 saturated carbocycles. The van der Waals surface area contributed by atoms with Crippen LogP contribution in [0.3, 0.4) is 0 Å². The first-order valence-corrected chi connectivity index (χ1v) is 10.2. The summed E-state index contributed by atoms with van der Waals surface area (Å²) >= 11 is 1.58. The van der Waals surface area contributed by atoms with Crippen LogP contribution in [0.25, 0.3) is 6.08 Å². The number of nitrogens with zero attached hydrogens (tertiary/aromatic N) is 1. The second kappa shape index (κ2) is 7.42. The standard InChI is InChI=1S/C16H23NO3S2/c1-13(2)12-22(19,20)15-7-9-17(10-8-15)16(18)6-5-14-4-3-11-21-14/h3-6,11,13,15H,7-10,12H2,1-2H3/b6-5+. The largest absolute Gasteiger partial charge is 0.339 e. The lowest BCUT2D eigenvalue weighted by Crippen LogP contribution is -2.42. The smallest absolute Gasteiger partial charge is 0.246 e. The number of hydrogen-bond acceptors (Lipinski definition) is 4. The van der Waals surface area contributed by atoms with E-state index >= 15 is 0 Å². The molecule has 2 rings (SSSR count). The summed E-state index contributed by atoms with van der Waals surface area (Å²) in [5, 5.41) is 1.68. The molecule has 1 aromatic heterocycles. The van der Waals surface area contributed by atoms with E-state index in [1.807, 2.05) is 37.4 Å². The van der Waals surface area contributed by atoms with Gasteiger partial charge in [0.15, 0.2) is 9.84 Å². The maximum absolute atomic E-state index is 12.2. The molecule has 1 amide bonds. The van der Waals surface area contributed by atoms with Gasteiger partial charge in [0, 0.05) is 24.0 Å². The van der Waals surface area contributed by atoms with Gasteiger partial charge in [0.1, 0.15) is 0 Å². The van der Waals surface area contributed by atoms with Gasteiger partial charge >= 0.3 is 0 Å². The third-order valence-electron chi connectivity index (χ3n) is 3.76. The molecule has 122 valence electrons. The zero-order valence-electron chi connectivity index (χ0n) is 13.1. The highest BCUT2D eigenvalue weighted by Gasteiger charge is 2.31. The number of rotatable bonds is 5. The molecule has 1 fully saturated rings. The van der Waals surface area contributed by atoms with Crippen molar-refractivity contribution in [1.82, 2.24) is 4.90 Å². The molecular weight excluding hydrogens is 318 g/mol. The number of carbonyl (C=O) groups is 1. The Labute approximate surface area is 136 Å². The minimum Gasteiger partial charge on any atom is -0.339 e. The molecule has 0 N–H and O–H groups in total. The van der Waals surface area contributed by atoms with E-state index in [4.69, 9.17) is 0 Å². The molecule has 6 heteroatoms. The van der Waals surface area contributed by atoms with Gasteiger partial charge in [0.2, 0.25) is 5.91 Å². The molecule has 0 bridgehead atoms. The van der Waals surface area contributed by atoms with Gasteiger partial charge in [0.05, 0.1) is 11.0 Å². The number of piperidine rings is 1. The predicted octanol–water partition coefficient (Wildman–Crippen LogP) is 2.82. The summed E-state index contributed by atoms with van der Waals surface area (Å²) in [6, 6.07) is 3.90. The van der Waals surface area contributed by atoms with E-state index in [1.165, 1.54) is 0 Å². The summed E-state index contributed by atoms with van der Waals surface area (Å²) in [6.45, 7) is 4.89. The number of amides is 1. The first-order chi connectivity index (χ1) is 10.4. The lowest BCUT2D eigenvalue weighted by Gasteiger charge is -2.31. The maximum atomic E-state index is 12.2. The summed E-state index contributed by atoms with van der Waals surface area (Å²) in [7, 11) is -3.03. The minimum absolute atomic E-state index is 0.0342. The number of thiophene rings is 1. The van der Waals surface area contributed by atoms with Gasteiger partial charge in [-0.1, -0.05) is 19.9 Å². The van der Waals surface area contributed by atoms with Crippen molar-refractivity contribution in [1.29, 1.82) is 0 Å². The van der Waals surface area contributed by atoms with Crippen LogP contribution < -0.4 is 0 Å². The lowest BCUT2D eigenvalue weighted by molar-refractivity contribution is -0.126. The Hall–Kier alpha value is -1.14. The Morgan fingerprint density at radius 3 is 2.64 bits per heavy atom. The van der Waals surface area contributed by atoms with Crippen molar-refractivity contribution in [3.8, 4) is 0 Å². The van der Waals surface area contributed by atoms with Gasteiger partial charge in [0.25, 0.3) is 0 Å². The Morgan fingerprint density at radius 2 is 2.09 bits per heavy atom. The van der Waals surface area contributed by atoms with Gasteiger partial charge in [-0.15, -0.1) is 11.3 Å². The molecule has 22 heavy (non-hydrogen) atoms. The van der Waals surface area contributed by atoms with Gasteiger partial charge in [-0.2, -0.15) is 0 Å². The third kappa shape index (κ3) is 4.68. The monoisotopic (exact) mass is 341 g/mol. The number of likely N-dealkylation sites (tertiary alicyclic amines) is 1. The summed E-state index contributed by atoms with van der Waals surface area (Å²) in [5.74, 6) is 0.357. The van der Waals surface area contributed by atoms with Crippen molar-refractivity contribution >= 4 is 33.2 Å². The van der Waals surface area contributed by atoms with Gasteiger partial charge in [-0.05, 0) is 36.3 Å². The molecular formula is C16H23NO3S2. The van der Waals surface area contributed by atoms with Crippen molar-refractivity contribution in [3.63, 3.8) is 0 Å². The van der Waals surface area contributed by atoms with Gasteiger partial charge in [-0.25, -0.2) is 8.42 Å². The number of hydrogen-bond donors (Lipinski definition) is 0. The van der Waals surface area contributed by atoms with E-state index in [2.05, 4.69) is 0 Å². The molecule has 0 spiro atoms. The molecule has 1 aliphatic heterocycles. The molecule has 0 unspecified atom stereocenters. The zero-order chi connectivity index (χ0) is 16.2. The molecule has 0 aliphatic carbocycles. The summed E-state index contributed by atoms with van der Waals surface area (Å²) in [5.41, 5.74) is 0. The first-order valence-electron chi connectivity index (χ1n) is 7.60. The van der Waals surface area contributed by atoms with Gasteiger partial charge < -0.3 is 4.90 Å². The average molecular weight is 341 g/mol. The maximum Gasteiger partial charge on any atom is 0.246 e. The summed E-state index contributed by atoms with van der Waals surface area (Å²) in [6.07, 6.45) is 4.49. The van der Waals surface area contributed by atoms with Crippen LogP contribution in [0.1, 0.15) is 31.6 Å². The Bertz CT molecular complexity index is 610. The van der Waals surface area contributed by atoms with E-state index in [-0.39, 0.29) is 22.8 Å². The highest BCUT2D eigenvalue weighted by molar-refractivity contribution is 7.92. The van der Waals surface area contributed by atoms with E-state index in [0.717, 1.165) is 4.88 Å². The van der Waals surface area contributed by atoms with E-state index < -0.39 is 9.84 Å². The molecule has 1 aromatic rings. The zero-order valence-corrected chi connectivity index (χ0v) is 14.7. The van der Waals surface area contributed by atoms with Crippen molar-refractivity contribution in [2.75, 3.05) is 18.8 Å². The quantitative estimate of drug-likeness (QED) is 0.774. The van der Waals surface area contributed by atoms with Crippen molar-refractivity contribution in [2.24, 2.45) is 5.92 Å². The number of sulfone groups is 1. The highest BCUT2D eigenvalue weighted by Crippen LogP contribution is 2.21. The van der Waals surface area contributed by atoms with Crippen molar-refractivity contribution in [3.05, 3.63) is 28.5 Å². The first kappa shape index (κ1) is 17.2. The van der Waals surface area contributed by atoms with Crippen LogP contribution in [0.4, 0.5) is 0 Å². The molecule has 1 aliphatic rings. The second-order valence-corrected chi connectivity index (χ2v) is 9.40. The Balaban J connectivity index is 1.88. The molecule has 4 nitrogen and oxygen atoms in total. The second-order valence-electron chi connectivity index (χ2n) is 6.10. The molecule has 0 radical (unpaired) electrons. The third-order valence-corrected chi connectivity index (χ3v) is 7.22. The van der Waals surface area contributed by atoms with Crippen LogP contribution in [0.5, 0.6) is 0 Å². The molecule has 1 saturated heterocycles. The lowest BCUT2D eigenvalue weighted by atomic mass is 10.1. The van der Waals surface area contributed by atoms with Gasteiger partial charge in [-0.3, -0.25) is 4.79 Å². The van der Waals surface area contributed by atoms with E-state index in [9.17, 15) is 13.2 Å². The number of carbonyl (C=O) groups excluding carboxylic acids is 1. The average Bonchev–Trinajstić information content (AvgIpc) is 2.97. The molecule has 0 aromatic carbocycles. The van der Waals surface area contributed by atoms with E-state index in [0.29, 0.717) is 25.9 Å². The molecule has 0 atom stereocenters. The van der Waals surface area contributed by atoms with Crippen LogP contribution in [0, 0.1) is 5.92 Å². The Kier molecular flexibility index (Phi) is 5.81.